The van der Waals surface area contributed by atoms with Gasteiger partial charge in [0.1, 0.15) is 0 Å². The summed E-state index contributed by atoms with van der Waals surface area (Å²) in [6.45, 7) is 1.97. The Labute approximate surface area is 66.6 Å². The van der Waals surface area contributed by atoms with Crippen LogP contribution in [0.4, 0.5) is 0 Å². The Morgan fingerprint density at radius 2 is 1.82 bits per heavy atom. The Bertz CT molecular complexity index is 151. The molecule has 11 heavy (non-hydrogen) atoms. The van der Waals surface area contributed by atoms with Crippen molar-refractivity contribution in [2.45, 2.75) is 37.5 Å². The van der Waals surface area contributed by atoms with E-state index in [1.807, 2.05) is 0 Å². The summed E-state index contributed by atoms with van der Waals surface area (Å²) in [4.78, 5) is 2.29. The molecule has 0 amide bonds. The lowest BCUT2D eigenvalue weighted by Crippen LogP contribution is -2.43. The van der Waals surface area contributed by atoms with Gasteiger partial charge in [-0.05, 0) is 19.3 Å². The van der Waals surface area contributed by atoms with E-state index in [0.29, 0.717) is 0 Å². The molecule has 0 spiro atoms. The molecule has 3 nitrogen and oxygen atoms in total. The SMILES string of the molecule is O[C@@H]1CCN2CC[C@@H](O)[C@@H]2C1. The molecule has 0 aromatic heterocycles. The third-order valence-electron chi connectivity index (χ3n) is 2.89. The van der Waals surface area contributed by atoms with Gasteiger partial charge < -0.3 is 10.2 Å². The van der Waals surface area contributed by atoms with Crippen molar-refractivity contribution in [2.75, 3.05) is 13.1 Å². The molecule has 0 bridgehead atoms. The molecule has 0 unspecified atom stereocenters. The Kier molecular flexibility index (Phi) is 1.87. The summed E-state index contributed by atoms with van der Waals surface area (Å²) in [7, 11) is 0. The Morgan fingerprint density at radius 3 is 2.64 bits per heavy atom. The number of hydrogen-bond donors (Lipinski definition) is 2. The van der Waals surface area contributed by atoms with E-state index in [1.54, 1.807) is 0 Å². The van der Waals surface area contributed by atoms with E-state index in [2.05, 4.69) is 4.90 Å². The van der Waals surface area contributed by atoms with E-state index < -0.39 is 0 Å². The molecule has 3 atom stereocenters. The van der Waals surface area contributed by atoms with Crippen LogP contribution in [0, 0.1) is 0 Å². The zero-order chi connectivity index (χ0) is 7.84. The zero-order valence-corrected chi connectivity index (χ0v) is 6.61. The predicted molar refractivity (Wildman–Crippen MR) is 41.2 cm³/mol. The first kappa shape index (κ1) is 7.53. The molecule has 64 valence electrons. The van der Waals surface area contributed by atoms with Crippen molar-refractivity contribution < 1.29 is 10.2 Å². The first-order valence-corrected chi connectivity index (χ1v) is 4.37. The van der Waals surface area contributed by atoms with E-state index in [1.165, 1.54) is 0 Å². The molecule has 2 heterocycles. The molecule has 2 fully saturated rings. The second-order valence-electron chi connectivity index (χ2n) is 3.64. The summed E-state index contributed by atoms with van der Waals surface area (Å²) in [6.07, 6.45) is 2.16. The van der Waals surface area contributed by atoms with Gasteiger partial charge in [-0.3, -0.25) is 4.90 Å². The predicted octanol–water partition coefficient (Wildman–Crippen LogP) is -0.424. The molecule has 2 aliphatic heterocycles. The first-order chi connectivity index (χ1) is 5.27. The van der Waals surface area contributed by atoms with Crippen LogP contribution in [0.2, 0.25) is 0 Å². The minimum Gasteiger partial charge on any atom is -0.393 e. The van der Waals surface area contributed by atoms with E-state index >= 15 is 0 Å². The van der Waals surface area contributed by atoms with E-state index in [-0.39, 0.29) is 18.2 Å². The van der Waals surface area contributed by atoms with Crippen molar-refractivity contribution in [3.63, 3.8) is 0 Å². The van der Waals surface area contributed by atoms with Crippen LogP contribution >= 0.6 is 0 Å². The maximum atomic E-state index is 9.49. The fourth-order valence-electron chi connectivity index (χ4n) is 2.19. The highest BCUT2D eigenvalue weighted by Gasteiger charge is 2.36. The quantitative estimate of drug-likeness (QED) is 0.502. The molecule has 3 heteroatoms. The second-order valence-corrected chi connectivity index (χ2v) is 3.64. The summed E-state index contributed by atoms with van der Waals surface area (Å²) in [5, 5.41) is 18.8. The summed E-state index contributed by atoms with van der Waals surface area (Å²) in [5.74, 6) is 0. The highest BCUT2D eigenvalue weighted by atomic mass is 16.3. The van der Waals surface area contributed by atoms with Gasteiger partial charge >= 0.3 is 0 Å². The van der Waals surface area contributed by atoms with Crippen LogP contribution in [-0.4, -0.2) is 46.5 Å². The molecule has 0 aromatic rings. The summed E-state index contributed by atoms with van der Waals surface area (Å²) in [6, 6.07) is 0.249. The molecular formula is C8H15NO2. The van der Waals surface area contributed by atoms with Crippen LogP contribution in [-0.2, 0) is 0 Å². The van der Waals surface area contributed by atoms with Crippen LogP contribution in [0.25, 0.3) is 0 Å². The van der Waals surface area contributed by atoms with Crippen LogP contribution in [0.5, 0.6) is 0 Å². The number of hydrogen-bond acceptors (Lipinski definition) is 3. The van der Waals surface area contributed by atoms with Crippen molar-refractivity contribution in [2.24, 2.45) is 0 Å². The number of fused-ring (bicyclic) bond motifs is 1. The monoisotopic (exact) mass is 157 g/mol. The van der Waals surface area contributed by atoms with Gasteiger partial charge in [0.15, 0.2) is 0 Å². The summed E-state index contributed by atoms with van der Waals surface area (Å²) < 4.78 is 0. The minimum absolute atomic E-state index is 0.177. The number of rotatable bonds is 0. The Hall–Kier alpha value is -0.120. The fourth-order valence-corrected chi connectivity index (χ4v) is 2.19. The van der Waals surface area contributed by atoms with Gasteiger partial charge in [-0.25, -0.2) is 0 Å². The molecule has 2 rings (SSSR count). The molecule has 0 saturated carbocycles. The lowest BCUT2D eigenvalue weighted by atomic mass is 9.98. The maximum absolute atomic E-state index is 9.49. The summed E-state index contributed by atoms with van der Waals surface area (Å²) >= 11 is 0. The molecule has 0 aromatic carbocycles. The Morgan fingerprint density at radius 1 is 1.09 bits per heavy atom. The van der Waals surface area contributed by atoms with Crippen LogP contribution in [0.1, 0.15) is 19.3 Å². The molecular weight excluding hydrogens is 142 g/mol. The van der Waals surface area contributed by atoms with Crippen LogP contribution in [0.15, 0.2) is 0 Å². The van der Waals surface area contributed by atoms with Crippen LogP contribution < -0.4 is 0 Å². The molecule has 2 N–H and O–H groups in total. The number of aliphatic hydroxyl groups is 2. The van der Waals surface area contributed by atoms with Crippen molar-refractivity contribution in [1.82, 2.24) is 4.90 Å². The van der Waals surface area contributed by atoms with E-state index in [4.69, 9.17) is 0 Å². The van der Waals surface area contributed by atoms with Crippen molar-refractivity contribution in [1.29, 1.82) is 0 Å². The van der Waals surface area contributed by atoms with Crippen molar-refractivity contribution in [3.05, 3.63) is 0 Å². The van der Waals surface area contributed by atoms with Gasteiger partial charge in [0, 0.05) is 19.1 Å². The topological polar surface area (TPSA) is 43.7 Å². The third-order valence-corrected chi connectivity index (χ3v) is 2.89. The van der Waals surface area contributed by atoms with Gasteiger partial charge in [-0.15, -0.1) is 0 Å². The van der Waals surface area contributed by atoms with Gasteiger partial charge in [0.2, 0.25) is 0 Å². The normalized spacial score (nSPS) is 45.8. The largest absolute Gasteiger partial charge is 0.393 e. The van der Waals surface area contributed by atoms with E-state index in [9.17, 15) is 10.2 Å². The highest BCUT2D eigenvalue weighted by Crippen LogP contribution is 2.26. The van der Waals surface area contributed by atoms with Gasteiger partial charge in [0.25, 0.3) is 0 Å². The van der Waals surface area contributed by atoms with Crippen molar-refractivity contribution >= 4 is 0 Å². The highest BCUT2D eigenvalue weighted by molar-refractivity contribution is 4.91. The number of piperidine rings is 1. The Balaban J connectivity index is 2.01. The lowest BCUT2D eigenvalue weighted by molar-refractivity contribution is 0.0230. The number of aliphatic hydroxyl groups excluding tert-OH is 2. The smallest absolute Gasteiger partial charge is 0.0708 e. The minimum atomic E-state index is -0.190. The van der Waals surface area contributed by atoms with Gasteiger partial charge in [-0.1, -0.05) is 0 Å². The fraction of sp³-hybridized carbons (Fsp3) is 1.00. The average molecular weight is 157 g/mol. The van der Waals surface area contributed by atoms with Crippen molar-refractivity contribution in [3.8, 4) is 0 Å². The first-order valence-electron chi connectivity index (χ1n) is 4.37. The van der Waals surface area contributed by atoms with E-state index in [0.717, 1.165) is 32.4 Å². The van der Waals surface area contributed by atoms with Gasteiger partial charge in [-0.2, -0.15) is 0 Å². The molecule has 2 aliphatic rings. The zero-order valence-electron chi connectivity index (χ0n) is 6.61. The van der Waals surface area contributed by atoms with Crippen LogP contribution in [0.3, 0.4) is 0 Å². The third kappa shape index (κ3) is 1.28. The lowest BCUT2D eigenvalue weighted by Gasteiger charge is -2.33. The standard InChI is InChI=1S/C8H15NO2/c10-6-1-3-9-4-2-8(11)7(9)5-6/h6-8,10-11H,1-5H2/t6-,7+,8-/m1/s1. The maximum Gasteiger partial charge on any atom is 0.0708 e. The second kappa shape index (κ2) is 2.73. The molecule has 2 saturated heterocycles. The summed E-state index contributed by atoms with van der Waals surface area (Å²) in [5.41, 5.74) is 0. The number of nitrogens with zero attached hydrogens (tertiary/aromatic N) is 1. The molecule has 0 aliphatic carbocycles. The average Bonchev–Trinajstić information content (AvgIpc) is 2.33. The molecule has 0 radical (unpaired) electrons. The van der Waals surface area contributed by atoms with Gasteiger partial charge in [0.05, 0.1) is 12.2 Å².